The highest BCUT2D eigenvalue weighted by Crippen LogP contribution is 2.13. The van der Waals surface area contributed by atoms with Gasteiger partial charge in [-0.2, -0.15) is 8.78 Å². The van der Waals surface area contributed by atoms with Gasteiger partial charge in [0.25, 0.3) is 0 Å². The van der Waals surface area contributed by atoms with Crippen LogP contribution in [0.15, 0.2) is 24.3 Å². The second-order valence-electron chi connectivity index (χ2n) is 4.49. The summed E-state index contributed by atoms with van der Waals surface area (Å²) < 4.78 is 33.5. The zero-order chi connectivity index (χ0) is 13.7. The van der Waals surface area contributed by atoms with E-state index in [-0.39, 0.29) is 18.8 Å². The molecule has 1 saturated heterocycles. The minimum atomic E-state index is -2.74. The molecule has 1 aliphatic rings. The van der Waals surface area contributed by atoms with Crippen molar-refractivity contribution < 1.29 is 18.3 Å². The summed E-state index contributed by atoms with van der Waals surface area (Å²) in [4.78, 5) is 0. The molecule has 2 atom stereocenters. The molecule has 0 amide bonds. The molecule has 19 heavy (non-hydrogen) atoms. The van der Waals surface area contributed by atoms with E-state index in [1.165, 1.54) is 0 Å². The van der Waals surface area contributed by atoms with Crippen molar-refractivity contribution in [3.8, 4) is 0 Å². The predicted molar refractivity (Wildman–Crippen MR) is 68.6 cm³/mol. The molecule has 6 heteroatoms. The van der Waals surface area contributed by atoms with Gasteiger partial charge in [-0.1, -0.05) is 23.7 Å². The molecule has 1 aromatic carbocycles. The summed E-state index contributed by atoms with van der Waals surface area (Å²) in [7, 11) is 0. The molecule has 1 N–H and O–H groups in total. The van der Waals surface area contributed by atoms with E-state index >= 15 is 0 Å². The van der Waals surface area contributed by atoms with Crippen molar-refractivity contribution in [2.75, 3.05) is 19.8 Å². The van der Waals surface area contributed by atoms with Gasteiger partial charge in [0, 0.05) is 17.6 Å². The Labute approximate surface area is 115 Å². The number of hydrogen-bond donors (Lipinski definition) is 1. The topological polar surface area (TPSA) is 30.5 Å². The van der Waals surface area contributed by atoms with E-state index in [1.54, 1.807) is 0 Å². The number of halogens is 3. The van der Waals surface area contributed by atoms with Gasteiger partial charge in [0.15, 0.2) is 0 Å². The first-order valence-corrected chi connectivity index (χ1v) is 6.50. The highest BCUT2D eigenvalue weighted by Gasteiger charge is 2.22. The smallest absolute Gasteiger partial charge is 0.345 e. The lowest BCUT2D eigenvalue weighted by Gasteiger charge is -2.30. The first-order valence-electron chi connectivity index (χ1n) is 6.12. The SMILES string of the molecule is FC(F)OC[C@H]1CN[C@@H](Cc2ccc(Cl)cc2)CO1. The van der Waals surface area contributed by atoms with E-state index in [1.807, 2.05) is 24.3 Å². The van der Waals surface area contributed by atoms with Crippen molar-refractivity contribution in [1.29, 1.82) is 0 Å². The van der Waals surface area contributed by atoms with Crippen molar-refractivity contribution in [3.05, 3.63) is 34.9 Å². The predicted octanol–water partition coefficient (Wildman–Crippen LogP) is 2.48. The maximum atomic E-state index is 11.9. The quantitative estimate of drug-likeness (QED) is 0.904. The Kier molecular flexibility index (Phi) is 5.51. The molecular formula is C13H16ClF2NO2. The summed E-state index contributed by atoms with van der Waals surface area (Å²) in [5, 5.41) is 3.98. The lowest BCUT2D eigenvalue weighted by molar-refractivity contribution is -0.159. The van der Waals surface area contributed by atoms with Gasteiger partial charge in [-0.15, -0.1) is 0 Å². The van der Waals surface area contributed by atoms with Crippen LogP contribution in [0.3, 0.4) is 0 Å². The summed E-state index contributed by atoms with van der Waals surface area (Å²) in [6.07, 6.45) is 0.509. The van der Waals surface area contributed by atoms with Crippen LogP contribution in [0.5, 0.6) is 0 Å². The molecular weight excluding hydrogens is 276 g/mol. The molecule has 1 fully saturated rings. The third-order valence-electron chi connectivity index (χ3n) is 2.97. The Balaban J connectivity index is 1.72. The summed E-state index contributed by atoms with van der Waals surface area (Å²) in [6.45, 7) is -1.82. The Morgan fingerprint density at radius 2 is 2.11 bits per heavy atom. The van der Waals surface area contributed by atoms with Gasteiger partial charge in [0.1, 0.15) is 0 Å². The third-order valence-corrected chi connectivity index (χ3v) is 3.22. The van der Waals surface area contributed by atoms with Crippen molar-refractivity contribution in [3.63, 3.8) is 0 Å². The molecule has 0 unspecified atom stereocenters. The van der Waals surface area contributed by atoms with Gasteiger partial charge in [-0.25, -0.2) is 0 Å². The molecule has 1 aliphatic heterocycles. The van der Waals surface area contributed by atoms with Gasteiger partial charge in [-0.05, 0) is 24.1 Å². The first kappa shape index (κ1) is 14.7. The Morgan fingerprint density at radius 3 is 2.68 bits per heavy atom. The van der Waals surface area contributed by atoms with Crippen molar-refractivity contribution >= 4 is 11.6 Å². The largest absolute Gasteiger partial charge is 0.373 e. The van der Waals surface area contributed by atoms with Gasteiger partial charge in [0.05, 0.1) is 19.3 Å². The fourth-order valence-corrected chi connectivity index (χ4v) is 2.12. The first-order chi connectivity index (χ1) is 9.13. The van der Waals surface area contributed by atoms with Crippen LogP contribution in [0, 0.1) is 0 Å². The second-order valence-corrected chi connectivity index (χ2v) is 4.92. The standard InChI is InChI=1S/C13H16ClF2NO2/c14-10-3-1-9(2-4-10)5-11-7-18-12(6-17-11)8-19-13(15)16/h1-4,11-13,17H,5-8H2/t11-,12+/m0/s1. The average Bonchev–Trinajstić information content (AvgIpc) is 2.40. The number of ether oxygens (including phenoxy) is 2. The molecule has 0 saturated carbocycles. The van der Waals surface area contributed by atoms with Crippen molar-refractivity contribution in [2.24, 2.45) is 0 Å². The Hall–Kier alpha value is -0.750. The van der Waals surface area contributed by atoms with Crippen LogP contribution in [0.4, 0.5) is 8.78 Å². The zero-order valence-corrected chi connectivity index (χ0v) is 11.1. The second kappa shape index (κ2) is 7.14. The van der Waals surface area contributed by atoms with Crippen LogP contribution in [0.1, 0.15) is 5.56 Å². The molecule has 2 rings (SSSR count). The van der Waals surface area contributed by atoms with Gasteiger partial charge < -0.3 is 14.8 Å². The van der Waals surface area contributed by atoms with E-state index in [2.05, 4.69) is 10.1 Å². The lowest BCUT2D eigenvalue weighted by Crippen LogP contribution is -2.49. The van der Waals surface area contributed by atoms with Crippen molar-refractivity contribution in [2.45, 2.75) is 25.2 Å². The van der Waals surface area contributed by atoms with Gasteiger partial charge in [0.2, 0.25) is 0 Å². The highest BCUT2D eigenvalue weighted by molar-refractivity contribution is 6.30. The molecule has 1 aromatic rings. The monoisotopic (exact) mass is 291 g/mol. The van der Waals surface area contributed by atoms with Crippen LogP contribution in [-0.2, 0) is 15.9 Å². The fourth-order valence-electron chi connectivity index (χ4n) is 1.99. The van der Waals surface area contributed by atoms with Gasteiger partial charge in [-0.3, -0.25) is 0 Å². The zero-order valence-electron chi connectivity index (χ0n) is 10.3. The van der Waals surface area contributed by atoms with E-state index in [4.69, 9.17) is 16.3 Å². The number of morpholine rings is 1. The normalized spacial score (nSPS) is 23.8. The maximum absolute atomic E-state index is 11.9. The molecule has 0 bridgehead atoms. The van der Waals surface area contributed by atoms with E-state index < -0.39 is 6.61 Å². The molecule has 1 heterocycles. The Morgan fingerprint density at radius 1 is 1.37 bits per heavy atom. The maximum Gasteiger partial charge on any atom is 0.345 e. The highest BCUT2D eigenvalue weighted by atomic mass is 35.5. The van der Waals surface area contributed by atoms with Crippen LogP contribution >= 0.6 is 11.6 Å². The van der Waals surface area contributed by atoms with Gasteiger partial charge >= 0.3 is 6.61 Å². The lowest BCUT2D eigenvalue weighted by atomic mass is 10.1. The summed E-state index contributed by atoms with van der Waals surface area (Å²) in [6, 6.07) is 7.81. The summed E-state index contributed by atoms with van der Waals surface area (Å²) in [5.74, 6) is 0. The number of benzene rings is 1. The molecule has 0 spiro atoms. The molecule has 3 nitrogen and oxygen atoms in total. The van der Waals surface area contributed by atoms with E-state index in [9.17, 15) is 8.78 Å². The average molecular weight is 292 g/mol. The van der Waals surface area contributed by atoms with Crippen molar-refractivity contribution in [1.82, 2.24) is 5.32 Å². The molecule has 0 aromatic heterocycles. The van der Waals surface area contributed by atoms with Crippen LogP contribution in [0.2, 0.25) is 5.02 Å². The molecule has 0 radical (unpaired) electrons. The van der Waals surface area contributed by atoms with E-state index in [0.717, 1.165) is 12.0 Å². The summed E-state index contributed by atoms with van der Waals surface area (Å²) >= 11 is 5.82. The minimum Gasteiger partial charge on any atom is -0.373 e. The Bertz CT molecular complexity index is 381. The number of alkyl halides is 2. The van der Waals surface area contributed by atoms with Crippen LogP contribution in [0.25, 0.3) is 0 Å². The summed E-state index contributed by atoms with van der Waals surface area (Å²) in [5.41, 5.74) is 1.16. The third kappa shape index (κ3) is 5.03. The minimum absolute atomic E-state index is 0.0850. The molecule has 106 valence electrons. The van der Waals surface area contributed by atoms with E-state index in [0.29, 0.717) is 18.2 Å². The fraction of sp³-hybridized carbons (Fsp3) is 0.538. The number of hydrogen-bond acceptors (Lipinski definition) is 3. The molecule has 0 aliphatic carbocycles. The van der Waals surface area contributed by atoms with Crippen LogP contribution < -0.4 is 5.32 Å². The number of rotatable bonds is 5. The number of nitrogens with one attached hydrogen (secondary N) is 1. The van der Waals surface area contributed by atoms with Crippen LogP contribution in [-0.4, -0.2) is 38.5 Å².